The van der Waals surface area contributed by atoms with Crippen molar-refractivity contribution in [3.63, 3.8) is 0 Å². The fourth-order valence-corrected chi connectivity index (χ4v) is 2.85. The zero-order chi connectivity index (χ0) is 20.1. The zero-order valence-corrected chi connectivity index (χ0v) is 15.7. The molecule has 0 unspecified atom stereocenters. The Labute approximate surface area is 162 Å². The predicted molar refractivity (Wildman–Crippen MR) is 103 cm³/mol. The van der Waals surface area contributed by atoms with E-state index in [-0.39, 0.29) is 25.7 Å². The van der Waals surface area contributed by atoms with Gasteiger partial charge in [-0.25, -0.2) is 4.79 Å². The minimum absolute atomic E-state index is 0.0536. The molecule has 2 aromatic rings. The van der Waals surface area contributed by atoms with Crippen LogP contribution in [0.4, 0.5) is 5.69 Å². The molecule has 3 rings (SSSR count). The molecule has 0 saturated carbocycles. The van der Waals surface area contributed by atoms with Crippen LogP contribution in [0.2, 0.25) is 0 Å². The Hall–Kier alpha value is -3.19. The number of esters is 1. The number of ether oxygens (including phenoxy) is 3. The number of carbonyl (C=O) groups excluding carboxylic acids is 1. The lowest BCUT2D eigenvalue weighted by Gasteiger charge is -2.20. The first-order valence-corrected chi connectivity index (χ1v) is 8.89. The summed E-state index contributed by atoms with van der Waals surface area (Å²) in [4.78, 5) is 22.7. The molecule has 2 aromatic carbocycles. The monoisotopic (exact) mass is 383 g/mol. The van der Waals surface area contributed by atoms with E-state index in [2.05, 4.69) is 13.8 Å². The van der Waals surface area contributed by atoms with Crippen LogP contribution in [0.3, 0.4) is 0 Å². The molecule has 28 heavy (non-hydrogen) atoms. The maximum atomic E-state index is 12.0. The lowest BCUT2D eigenvalue weighted by atomic mass is 10.0. The van der Waals surface area contributed by atoms with Crippen molar-refractivity contribution in [3.05, 3.63) is 74.8 Å². The Morgan fingerprint density at radius 3 is 2.71 bits per heavy atom. The third-order valence-corrected chi connectivity index (χ3v) is 4.37. The molecule has 1 aliphatic rings. The molecule has 146 valence electrons. The number of nitro benzene ring substituents is 1. The van der Waals surface area contributed by atoms with Crippen LogP contribution in [0.1, 0.15) is 42.0 Å². The summed E-state index contributed by atoms with van der Waals surface area (Å²) in [6.07, 6.45) is 3.00. The van der Waals surface area contributed by atoms with E-state index in [4.69, 9.17) is 14.2 Å². The third kappa shape index (κ3) is 4.75. The summed E-state index contributed by atoms with van der Waals surface area (Å²) >= 11 is 0. The summed E-state index contributed by atoms with van der Waals surface area (Å²) in [5.74, 6) is 0.370. The number of nitro groups is 1. The van der Waals surface area contributed by atoms with Crippen molar-refractivity contribution < 1.29 is 23.9 Å². The number of carbonyl (C=O) groups is 1. The van der Waals surface area contributed by atoms with E-state index >= 15 is 0 Å². The molecule has 0 aliphatic carbocycles. The van der Waals surface area contributed by atoms with Crippen LogP contribution in [0.5, 0.6) is 5.75 Å². The quantitative estimate of drug-likeness (QED) is 0.319. The highest BCUT2D eigenvalue weighted by molar-refractivity contribution is 5.87. The van der Waals surface area contributed by atoms with Crippen molar-refractivity contribution in [2.45, 2.75) is 33.0 Å². The van der Waals surface area contributed by atoms with Crippen molar-refractivity contribution >= 4 is 17.7 Å². The van der Waals surface area contributed by atoms with Gasteiger partial charge in [-0.15, -0.1) is 0 Å². The van der Waals surface area contributed by atoms with E-state index < -0.39 is 10.9 Å². The van der Waals surface area contributed by atoms with E-state index in [1.165, 1.54) is 23.8 Å². The Bertz CT molecular complexity index is 902. The maximum Gasteiger partial charge on any atom is 0.331 e. The highest BCUT2D eigenvalue weighted by atomic mass is 16.7. The van der Waals surface area contributed by atoms with Crippen LogP contribution in [0.25, 0.3) is 6.08 Å². The first-order valence-electron chi connectivity index (χ1n) is 8.89. The van der Waals surface area contributed by atoms with Gasteiger partial charge in [0.15, 0.2) is 6.79 Å². The van der Waals surface area contributed by atoms with Crippen LogP contribution in [-0.2, 0) is 27.5 Å². The number of rotatable bonds is 6. The van der Waals surface area contributed by atoms with E-state index in [0.29, 0.717) is 22.8 Å². The maximum absolute atomic E-state index is 12.0. The molecule has 0 aromatic heterocycles. The minimum Gasteiger partial charge on any atom is -0.467 e. The Morgan fingerprint density at radius 2 is 2.04 bits per heavy atom. The fourth-order valence-electron chi connectivity index (χ4n) is 2.85. The van der Waals surface area contributed by atoms with E-state index in [9.17, 15) is 14.9 Å². The van der Waals surface area contributed by atoms with E-state index in [1.807, 2.05) is 24.3 Å². The largest absolute Gasteiger partial charge is 0.467 e. The van der Waals surface area contributed by atoms with Crippen molar-refractivity contribution in [1.82, 2.24) is 0 Å². The lowest BCUT2D eigenvalue weighted by Crippen LogP contribution is -2.14. The van der Waals surface area contributed by atoms with Gasteiger partial charge in [0.1, 0.15) is 12.4 Å². The highest BCUT2D eigenvalue weighted by Crippen LogP contribution is 2.33. The first-order chi connectivity index (χ1) is 13.4. The Morgan fingerprint density at radius 1 is 1.29 bits per heavy atom. The smallest absolute Gasteiger partial charge is 0.331 e. The van der Waals surface area contributed by atoms with Gasteiger partial charge in [-0.1, -0.05) is 38.1 Å². The van der Waals surface area contributed by atoms with Crippen LogP contribution in [0.15, 0.2) is 42.5 Å². The number of nitrogens with zero attached hydrogens (tertiary/aromatic N) is 1. The molecule has 0 amide bonds. The molecule has 1 heterocycles. The molecule has 0 saturated heterocycles. The molecule has 0 radical (unpaired) electrons. The van der Waals surface area contributed by atoms with Gasteiger partial charge >= 0.3 is 5.97 Å². The van der Waals surface area contributed by atoms with Gasteiger partial charge < -0.3 is 14.2 Å². The molecule has 0 spiro atoms. The van der Waals surface area contributed by atoms with Gasteiger partial charge in [-0.05, 0) is 23.1 Å². The lowest BCUT2D eigenvalue weighted by molar-refractivity contribution is -0.385. The average Bonchev–Trinajstić information content (AvgIpc) is 2.70. The van der Waals surface area contributed by atoms with Crippen molar-refractivity contribution in [1.29, 1.82) is 0 Å². The Kier molecular flexibility index (Phi) is 6.06. The molecule has 7 nitrogen and oxygen atoms in total. The van der Waals surface area contributed by atoms with Crippen LogP contribution in [0, 0.1) is 10.1 Å². The number of hydrogen-bond acceptors (Lipinski definition) is 6. The molecule has 0 atom stereocenters. The first kappa shape index (κ1) is 19.6. The SMILES string of the molecule is CC(C)c1ccc(/C=C/C(=O)OCc2cc([N+](=O)[O-])cc3c2OCOC3)cc1. The number of hydrogen-bond donors (Lipinski definition) is 0. The minimum atomic E-state index is -0.541. The van der Waals surface area contributed by atoms with Gasteiger partial charge in [-0.3, -0.25) is 10.1 Å². The normalized spacial score (nSPS) is 13.2. The number of non-ortho nitro benzene ring substituents is 1. The topological polar surface area (TPSA) is 87.9 Å². The summed E-state index contributed by atoms with van der Waals surface area (Å²) in [5.41, 5.74) is 3.01. The summed E-state index contributed by atoms with van der Waals surface area (Å²) in [7, 11) is 0. The molecule has 7 heteroatoms. The molecular weight excluding hydrogens is 362 g/mol. The zero-order valence-electron chi connectivity index (χ0n) is 15.7. The molecular formula is C21H21NO6. The summed E-state index contributed by atoms with van der Waals surface area (Å²) in [6.45, 7) is 4.37. The van der Waals surface area contributed by atoms with E-state index in [1.54, 1.807) is 6.08 Å². The van der Waals surface area contributed by atoms with Gasteiger partial charge in [0, 0.05) is 29.3 Å². The summed E-state index contributed by atoms with van der Waals surface area (Å²) in [5, 5.41) is 11.1. The van der Waals surface area contributed by atoms with Crippen LogP contribution in [-0.4, -0.2) is 17.7 Å². The second-order valence-electron chi connectivity index (χ2n) is 6.72. The van der Waals surface area contributed by atoms with Crippen LogP contribution < -0.4 is 4.74 Å². The second-order valence-corrected chi connectivity index (χ2v) is 6.72. The summed E-state index contributed by atoms with van der Waals surface area (Å²) in [6, 6.07) is 10.7. The molecule has 1 aliphatic heterocycles. The van der Waals surface area contributed by atoms with E-state index in [0.717, 1.165) is 5.56 Å². The van der Waals surface area contributed by atoms with Gasteiger partial charge in [0.2, 0.25) is 0 Å². The van der Waals surface area contributed by atoms with Gasteiger partial charge in [-0.2, -0.15) is 0 Å². The Balaban J connectivity index is 1.67. The van der Waals surface area contributed by atoms with Crippen molar-refractivity contribution in [2.24, 2.45) is 0 Å². The molecule has 0 bridgehead atoms. The van der Waals surface area contributed by atoms with Gasteiger partial charge in [0.25, 0.3) is 5.69 Å². The third-order valence-electron chi connectivity index (χ3n) is 4.37. The standard InChI is InChI=1S/C21H21NO6/c1-14(2)16-6-3-15(4-7-16)5-8-20(23)27-12-18-10-19(22(24)25)9-17-11-26-13-28-21(17)18/h3-10,14H,11-13H2,1-2H3/b8-5+. The number of fused-ring (bicyclic) bond motifs is 1. The predicted octanol–water partition coefficient (Wildman–Crippen LogP) is 4.34. The summed E-state index contributed by atoms with van der Waals surface area (Å²) < 4.78 is 15.8. The fraction of sp³-hybridized carbons (Fsp3) is 0.286. The number of benzene rings is 2. The van der Waals surface area contributed by atoms with Crippen LogP contribution >= 0.6 is 0 Å². The average molecular weight is 383 g/mol. The second kappa shape index (κ2) is 8.67. The van der Waals surface area contributed by atoms with Crippen molar-refractivity contribution in [3.8, 4) is 5.75 Å². The molecule has 0 fully saturated rings. The highest BCUT2D eigenvalue weighted by Gasteiger charge is 2.21. The van der Waals surface area contributed by atoms with Gasteiger partial charge in [0.05, 0.1) is 11.5 Å². The molecule has 0 N–H and O–H groups in total. The van der Waals surface area contributed by atoms with Crippen molar-refractivity contribution in [2.75, 3.05) is 6.79 Å².